The molecule has 0 radical (unpaired) electrons. The van der Waals surface area contributed by atoms with Crippen molar-refractivity contribution in [2.45, 2.75) is 37.0 Å². The largest absolute Gasteiger partial charge is 0.325 e. The van der Waals surface area contributed by atoms with Crippen LogP contribution in [-0.2, 0) is 21.2 Å². The van der Waals surface area contributed by atoms with Crippen molar-refractivity contribution < 1.29 is 17.6 Å². The Balaban J connectivity index is 1.54. The zero-order valence-electron chi connectivity index (χ0n) is 18.2. The van der Waals surface area contributed by atoms with Crippen LogP contribution in [0.1, 0.15) is 31.2 Å². The van der Waals surface area contributed by atoms with E-state index in [1.807, 2.05) is 11.9 Å². The number of likely N-dealkylation sites (N-methyl/N-ethyl adjacent to an activating group) is 1. The van der Waals surface area contributed by atoms with Gasteiger partial charge < -0.3 is 5.32 Å². The molecule has 32 heavy (non-hydrogen) atoms. The first kappa shape index (κ1) is 23.9. The number of halogens is 1. The van der Waals surface area contributed by atoms with E-state index in [2.05, 4.69) is 15.0 Å². The summed E-state index contributed by atoms with van der Waals surface area (Å²) >= 11 is 0. The molecule has 9 heteroatoms. The summed E-state index contributed by atoms with van der Waals surface area (Å²) in [5.41, 5.74) is 1.40. The lowest BCUT2D eigenvalue weighted by atomic mass is 10.1. The van der Waals surface area contributed by atoms with E-state index < -0.39 is 10.0 Å². The molecule has 2 aromatic rings. The average molecular weight is 461 g/mol. The highest BCUT2D eigenvalue weighted by molar-refractivity contribution is 7.90. The molecule has 3 rings (SSSR count). The SMILES string of the molecule is CN(CCc1ccc(F)cc1)CC(=O)Nc1cccc(S(=O)(=O)NC2=NCCCCC2)c1. The van der Waals surface area contributed by atoms with Crippen LogP contribution in [0.3, 0.4) is 0 Å². The molecule has 0 saturated heterocycles. The van der Waals surface area contributed by atoms with Crippen molar-refractivity contribution in [1.29, 1.82) is 0 Å². The highest BCUT2D eigenvalue weighted by Gasteiger charge is 2.18. The van der Waals surface area contributed by atoms with Crippen molar-refractivity contribution in [3.8, 4) is 0 Å². The molecule has 1 amide bonds. The molecule has 0 aliphatic carbocycles. The van der Waals surface area contributed by atoms with Gasteiger partial charge >= 0.3 is 0 Å². The van der Waals surface area contributed by atoms with E-state index in [0.29, 0.717) is 37.5 Å². The third-order valence-corrected chi connectivity index (χ3v) is 6.54. The van der Waals surface area contributed by atoms with Crippen LogP contribution in [0.15, 0.2) is 58.4 Å². The summed E-state index contributed by atoms with van der Waals surface area (Å²) in [5.74, 6) is -0.0369. The molecule has 0 fully saturated rings. The predicted octanol–water partition coefficient (Wildman–Crippen LogP) is 3.19. The second-order valence-electron chi connectivity index (χ2n) is 7.93. The van der Waals surface area contributed by atoms with E-state index >= 15 is 0 Å². The van der Waals surface area contributed by atoms with Crippen LogP contribution >= 0.6 is 0 Å². The number of anilines is 1. The predicted molar refractivity (Wildman–Crippen MR) is 124 cm³/mol. The van der Waals surface area contributed by atoms with Crippen LogP contribution < -0.4 is 10.0 Å². The number of carbonyl (C=O) groups is 1. The van der Waals surface area contributed by atoms with Gasteiger partial charge in [-0.2, -0.15) is 0 Å². The molecule has 2 N–H and O–H groups in total. The third-order valence-electron chi connectivity index (χ3n) is 5.16. The van der Waals surface area contributed by atoms with Gasteiger partial charge in [0, 0.05) is 25.2 Å². The van der Waals surface area contributed by atoms with E-state index in [9.17, 15) is 17.6 Å². The van der Waals surface area contributed by atoms with Gasteiger partial charge in [0.05, 0.1) is 11.4 Å². The number of nitrogens with one attached hydrogen (secondary N) is 2. The quantitative estimate of drug-likeness (QED) is 0.633. The summed E-state index contributed by atoms with van der Waals surface area (Å²) < 4.78 is 41.0. The number of carbonyl (C=O) groups excluding carboxylic acids is 1. The van der Waals surface area contributed by atoms with Crippen LogP contribution in [0.4, 0.5) is 10.1 Å². The van der Waals surface area contributed by atoms with Crippen molar-refractivity contribution in [2.24, 2.45) is 4.99 Å². The smallest absolute Gasteiger partial charge is 0.262 e. The lowest BCUT2D eigenvalue weighted by Crippen LogP contribution is -2.32. The standard InChI is InChI=1S/C23H29FN4O3S/c1-28(15-13-18-9-11-19(24)12-10-18)17-23(29)26-20-6-5-7-21(16-20)32(30,31)27-22-8-3-2-4-14-25-22/h5-7,9-12,16H,2-4,8,13-15,17H2,1H3,(H,25,27)(H,26,29). The highest BCUT2D eigenvalue weighted by atomic mass is 32.2. The van der Waals surface area contributed by atoms with Gasteiger partial charge in [0.25, 0.3) is 10.0 Å². The zero-order valence-corrected chi connectivity index (χ0v) is 19.0. The van der Waals surface area contributed by atoms with Crippen LogP contribution in [0.2, 0.25) is 0 Å². The van der Waals surface area contributed by atoms with Crippen molar-refractivity contribution in [2.75, 3.05) is 32.0 Å². The average Bonchev–Trinajstić information content (AvgIpc) is 3.01. The second-order valence-corrected chi connectivity index (χ2v) is 9.62. The maximum Gasteiger partial charge on any atom is 0.262 e. The molecule has 0 bridgehead atoms. The van der Waals surface area contributed by atoms with Gasteiger partial charge in [0.15, 0.2) is 0 Å². The molecule has 0 saturated carbocycles. The summed E-state index contributed by atoms with van der Waals surface area (Å²) in [6.07, 6.45) is 4.21. The van der Waals surface area contributed by atoms with Crippen LogP contribution in [-0.4, -0.2) is 51.7 Å². The Labute approximate surface area is 188 Å². The van der Waals surface area contributed by atoms with Crippen molar-refractivity contribution in [3.63, 3.8) is 0 Å². The monoisotopic (exact) mass is 460 g/mol. The molecule has 1 aliphatic heterocycles. The Morgan fingerprint density at radius 1 is 1.12 bits per heavy atom. The molecule has 1 aliphatic rings. The molecule has 0 aromatic heterocycles. The fourth-order valence-corrected chi connectivity index (χ4v) is 4.54. The molecule has 0 spiro atoms. The number of sulfonamides is 1. The van der Waals surface area contributed by atoms with Gasteiger partial charge in [-0.1, -0.05) is 24.6 Å². The van der Waals surface area contributed by atoms with E-state index in [0.717, 1.165) is 24.8 Å². The number of nitrogens with zero attached hydrogens (tertiary/aromatic N) is 2. The molecular weight excluding hydrogens is 431 g/mol. The molecule has 172 valence electrons. The Bertz CT molecular complexity index is 1060. The van der Waals surface area contributed by atoms with Gasteiger partial charge in [-0.3, -0.25) is 19.4 Å². The van der Waals surface area contributed by atoms with Gasteiger partial charge in [0.1, 0.15) is 11.7 Å². The first-order chi connectivity index (χ1) is 15.3. The fourth-order valence-electron chi connectivity index (χ4n) is 3.41. The number of amides is 1. The minimum atomic E-state index is -3.77. The maximum atomic E-state index is 13.0. The Hall–Kier alpha value is -2.78. The van der Waals surface area contributed by atoms with Crippen molar-refractivity contribution in [3.05, 3.63) is 59.9 Å². The second kappa shape index (κ2) is 11.2. The van der Waals surface area contributed by atoms with E-state index in [1.54, 1.807) is 24.3 Å². The van der Waals surface area contributed by atoms with E-state index in [1.165, 1.54) is 24.3 Å². The number of amidine groups is 1. The normalized spacial score (nSPS) is 14.5. The first-order valence-corrected chi connectivity index (χ1v) is 12.2. The molecule has 1 heterocycles. The number of benzene rings is 2. The Morgan fingerprint density at radius 2 is 1.91 bits per heavy atom. The minimum absolute atomic E-state index is 0.0758. The summed E-state index contributed by atoms with van der Waals surface area (Å²) in [6.45, 7) is 1.40. The summed E-state index contributed by atoms with van der Waals surface area (Å²) in [4.78, 5) is 18.6. The van der Waals surface area contributed by atoms with Crippen LogP contribution in [0, 0.1) is 5.82 Å². The van der Waals surface area contributed by atoms with Crippen LogP contribution in [0.25, 0.3) is 0 Å². The molecule has 0 unspecified atom stereocenters. The van der Waals surface area contributed by atoms with Crippen molar-refractivity contribution in [1.82, 2.24) is 9.62 Å². The molecule has 7 nitrogen and oxygen atoms in total. The van der Waals surface area contributed by atoms with Crippen molar-refractivity contribution >= 4 is 27.5 Å². The van der Waals surface area contributed by atoms with Gasteiger partial charge in [-0.05, 0) is 62.2 Å². The number of hydrogen-bond acceptors (Lipinski definition) is 5. The Morgan fingerprint density at radius 3 is 2.69 bits per heavy atom. The number of hydrogen-bond donors (Lipinski definition) is 2. The van der Waals surface area contributed by atoms with E-state index in [4.69, 9.17) is 0 Å². The zero-order chi connectivity index (χ0) is 23.0. The lowest BCUT2D eigenvalue weighted by Gasteiger charge is -2.16. The first-order valence-electron chi connectivity index (χ1n) is 10.7. The lowest BCUT2D eigenvalue weighted by molar-refractivity contribution is -0.117. The fraction of sp³-hybridized carbons (Fsp3) is 0.391. The molecule has 2 aromatic carbocycles. The summed E-state index contributed by atoms with van der Waals surface area (Å²) in [6, 6.07) is 12.5. The molecular formula is C23H29FN4O3S. The van der Waals surface area contributed by atoms with Crippen LogP contribution in [0.5, 0.6) is 0 Å². The third kappa shape index (κ3) is 7.42. The topological polar surface area (TPSA) is 90.9 Å². The maximum absolute atomic E-state index is 13.0. The summed E-state index contributed by atoms with van der Waals surface area (Å²) in [5, 5.41) is 2.75. The number of aliphatic imine (C=N–C) groups is 1. The van der Waals surface area contributed by atoms with Gasteiger partial charge in [-0.25, -0.2) is 12.8 Å². The minimum Gasteiger partial charge on any atom is -0.325 e. The van der Waals surface area contributed by atoms with E-state index in [-0.39, 0.29) is 23.2 Å². The Kier molecular flexibility index (Phi) is 8.35. The number of rotatable bonds is 8. The summed E-state index contributed by atoms with van der Waals surface area (Å²) in [7, 11) is -1.95. The molecule has 0 atom stereocenters. The highest BCUT2D eigenvalue weighted by Crippen LogP contribution is 2.17. The van der Waals surface area contributed by atoms with Gasteiger partial charge in [-0.15, -0.1) is 0 Å². The van der Waals surface area contributed by atoms with Gasteiger partial charge in [0.2, 0.25) is 5.91 Å².